The molecule has 1 saturated carbocycles. The molecule has 1 aromatic heterocycles. The molecular formula is C24H20F2N2O5. The van der Waals surface area contributed by atoms with Gasteiger partial charge in [0.15, 0.2) is 11.5 Å². The third kappa shape index (κ3) is 3.84. The van der Waals surface area contributed by atoms with Crippen LogP contribution in [0.25, 0.3) is 11.3 Å². The van der Waals surface area contributed by atoms with Crippen molar-refractivity contribution >= 4 is 11.8 Å². The number of anilines is 1. The average Bonchev–Trinajstić information content (AvgIpc) is 3.52. The lowest BCUT2D eigenvalue weighted by Gasteiger charge is -2.25. The fourth-order valence-electron chi connectivity index (χ4n) is 4.09. The number of aliphatic hydroxyl groups is 1. The van der Waals surface area contributed by atoms with Crippen LogP contribution in [0.4, 0.5) is 14.6 Å². The van der Waals surface area contributed by atoms with Crippen molar-refractivity contribution in [3.63, 3.8) is 0 Å². The average molecular weight is 454 g/mol. The van der Waals surface area contributed by atoms with Crippen LogP contribution in [0.15, 0.2) is 54.6 Å². The van der Waals surface area contributed by atoms with Gasteiger partial charge in [0.05, 0.1) is 11.3 Å². The summed E-state index contributed by atoms with van der Waals surface area (Å²) in [5.74, 6) is -0.737. The van der Waals surface area contributed by atoms with Crippen molar-refractivity contribution in [1.82, 2.24) is 4.98 Å². The third-order valence-electron chi connectivity index (χ3n) is 6.05. The molecule has 2 aliphatic rings. The number of fused-ring (bicyclic) bond motifs is 1. The molecule has 1 atom stereocenters. The van der Waals surface area contributed by atoms with Gasteiger partial charge in [-0.05, 0) is 61.2 Å². The van der Waals surface area contributed by atoms with Crippen molar-refractivity contribution in [2.24, 2.45) is 0 Å². The van der Waals surface area contributed by atoms with Crippen LogP contribution in [-0.2, 0) is 5.41 Å². The molecule has 170 valence electrons. The number of hydrogen-bond acceptors (Lipinski definition) is 6. The Morgan fingerprint density at radius 1 is 1.09 bits per heavy atom. The number of carboxylic acids is 1. The number of rotatable bonds is 6. The Kier molecular flexibility index (Phi) is 4.75. The number of hydrogen-bond donors (Lipinski definition) is 3. The first-order chi connectivity index (χ1) is 15.7. The van der Waals surface area contributed by atoms with Crippen molar-refractivity contribution < 1.29 is 33.3 Å². The van der Waals surface area contributed by atoms with Gasteiger partial charge in [-0.15, -0.1) is 8.78 Å². The van der Waals surface area contributed by atoms with E-state index in [1.807, 2.05) is 13.0 Å². The molecule has 0 amide bonds. The zero-order valence-electron chi connectivity index (χ0n) is 17.5. The van der Waals surface area contributed by atoms with E-state index in [1.54, 1.807) is 30.3 Å². The highest BCUT2D eigenvalue weighted by atomic mass is 19.3. The molecule has 3 N–H and O–H groups in total. The number of nitrogens with zero attached hydrogens (tertiary/aromatic N) is 1. The predicted octanol–water partition coefficient (Wildman–Crippen LogP) is 4.54. The van der Waals surface area contributed by atoms with E-state index in [1.165, 1.54) is 18.2 Å². The van der Waals surface area contributed by atoms with Gasteiger partial charge in [0.1, 0.15) is 12.0 Å². The summed E-state index contributed by atoms with van der Waals surface area (Å²) in [5.41, 5.74) is 2.21. The topological polar surface area (TPSA) is 101 Å². The Hall–Kier alpha value is -3.72. The van der Waals surface area contributed by atoms with E-state index < -0.39 is 23.9 Å². The van der Waals surface area contributed by atoms with Gasteiger partial charge in [-0.25, -0.2) is 9.78 Å². The van der Waals surface area contributed by atoms with Crippen LogP contribution in [0.3, 0.4) is 0 Å². The predicted molar refractivity (Wildman–Crippen MR) is 115 cm³/mol. The number of ether oxygens (including phenoxy) is 2. The van der Waals surface area contributed by atoms with E-state index in [-0.39, 0.29) is 17.1 Å². The minimum absolute atomic E-state index is 0.0459. The first kappa shape index (κ1) is 21.1. The maximum Gasteiger partial charge on any atom is 0.586 e. The monoisotopic (exact) mass is 454 g/mol. The van der Waals surface area contributed by atoms with E-state index in [2.05, 4.69) is 19.8 Å². The Labute approximate surface area is 187 Å². The SMILES string of the molecule is Cc1ccc(NC(O)C2(c3ccc4c(c3)OC(F)(F)O4)CC2)nc1-c1cccc(C(=O)O)c1. The van der Waals surface area contributed by atoms with Crippen molar-refractivity contribution in [2.45, 2.75) is 37.7 Å². The number of pyridine rings is 1. The zero-order chi connectivity index (χ0) is 23.4. The fraction of sp³-hybridized carbons (Fsp3) is 0.250. The number of aryl methyl sites for hydroxylation is 1. The highest BCUT2D eigenvalue weighted by Crippen LogP contribution is 2.53. The summed E-state index contributed by atoms with van der Waals surface area (Å²) < 4.78 is 35.7. The number of benzene rings is 2. The van der Waals surface area contributed by atoms with Crippen LogP contribution in [0.1, 0.15) is 34.3 Å². The quantitative estimate of drug-likeness (QED) is 0.470. The van der Waals surface area contributed by atoms with Gasteiger partial charge in [0, 0.05) is 11.0 Å². The van der Waals surface area contributed by atoms with Gasteiger partial charge in [-0.1, -0.05) is 24.3 Å². The summed E-state index contributed by atoms with van der Waals surface area (Å²) in [6, 6.07) is 14.5. The van der Waals surface area contributed by atoms with E-state index in [9.17, 15) is 23.8 Å². The van der Waals surface area contributed by atoms with Gasteiger partial charge in [0.25, 0.3) is 0 Å². The van der Waals surface area contributed by atoms with Crippen LogP contribution >= 0.6 is 0 Å². The van der Waals surface area contributed by atoms with E-state index in [0.29, 0.717) is 35.5 Å². The fourth-order valence-corrected chi connectivity index (χ4v) is 4.09. The number of aromatic nitrogens is 1. The zero-order valence-corrected chi connectivity index (χ0v) is 17.5. The minimum atomic E-state index is -3.70. The van der Waals surface area contributed by atoms with Crippen LogP contribution in [0, 0.1) is 6.92 Å². The first-order valence-corrected chi connectivity index (χ1v) is 10.3. The van der Waals surface area contributed by atoms with Gasteiger partial charge < -0.3 is 25.0 Å². The molecule has 0 spiro atoms. The second-order valence-corrected chi connectivity index (χ2v) is 8.28. The van der Waals surface area contributed by atoms with Crippen LogP contribution in [0.5, 0.6) is 11.5 Å². The number of halogens is 2. The van der Waals surface area contributed by atoms with Gasteiger partial charge in [-0.3, -0.25) is 0 Å². The summed E-state index contributed by atoms with van der Waals surface area (Å²) >= 11 is 0. The standard InChI is InChI=1S/C24H20F2N2O5/c1-13-5-8-19(27-20(13)14-3-2-4-15(11-14)21(29)30)28-22(31)23(9-10-23)16-6-7-17-18(12-16)33-24(25,26)32-17/h2-8,11-12,22,31H,9-10H2,1H3,(H,27,28)(H,29,30). The Morgan fingerprint density at radius 2 is 1.85 bits per heavy atom. The van der Waals surface area contributed by atoms with Crippen LogP contribution in [-0.4, -0.2) is 33.7 Å². The lowest BCUT2D eigenvalue weighted by Crippen LogP contribution is -2.33. The van der Waals surface area contributed by atoms with Gasteiger partial charge in [-0.2, -0.15) is 0 Å². The van der Waals surface area contributed by atoms with Gasteiger partial charge >= 0.3 is 12.3 Å². The van der Waals surface area contributed by atoms with Crippen molar-refractivity contribution in [1.29, 1.82) is 0 Å². The maximum absolute atomic E-state index is 13.4. The Morgan fingerprint density at radius 3 is 2.58 bits per heavy atom. The van der Waals surface area contributed by atoms with Crippen molar-refractivity contribution in [2.75, 3.05) is 5.32 Å². The molecule has 3 aromatic rings. The Bertz CT molecular complexity index is 1260. The molecule has 0 radical (unpaired) electrons. The molecule has 2 aromatic carbocycles. The molecule has 5 rings (SSSR count). The molecule has 33 heavy (non-hydrogen) atoms. The van der Waals surface area contributed by atoms with Gasteiger partial charge in [0.2, 0.25) is 0 Å². The lowest BCUT2D eigenvalue weighted by molar-refractivity contribution is -0.286. The minimum Gasteiger partial charge on any atom is -0.478 e. The number of carboxylic acid groups (broad SMARTS) is 1. The number of aromatic carboxylic acids is 1. The summed E-state index contributed by atoms with van der Waals surface area (Å²) in [6.45, 7) is 1.86. The van der Waals surface area contributed by atoms with Crippen LogP contribution in [0.2, 0.25) is 0 Å². The van der Waals surface area contributed by atoms with E-state index in [4.69, 9.17) is 0 Å². The summed E-state index contributed by atoms with van der Waals surface area (Å²) in [4.78, 5) is 15.9. The third-order valence-corrected chi connectivity index (χ3v) is 6.05. The second-order valence-electron chi connectivity index (χ2n) is 8.28. The molecule has 9 heteroatoms. The molecule has 0 saturated heterocycles. The normalized spacial score (nSPS) is 17.9. The first-order valence-electron chi connectivity index (χ1n) is 10.3. The molecule has 1 aliphatic heterocycles. The number of aliphatic hydroxyl groups excluding tert-OH is 1. The van der Waals surface area contributed by atoms with Crippen molar-refractivity contribution in [3.05, 3.63) is 71.3 Å². The largest absolute Gasteiger partial charge is 0.586 e. The number of alkyl halides is 2. The maximum atomic E-state index is 13.4. The molecule has 1 aliphatic carbocycles. The van der Waals surface area contributed by atoms with E-state index >= 15 is 0 Å². The summed E-state index contributed by atoms with van der Waals surface area (Å²) in [5, 5.41) is 23.3. The molecule has 7 nitrogen and oxygen atoms in total. The summed E-state index contributed by atoms with van der Waals surface area (Å²) in [6.07, 6.45) is -3.44. The van der Waals surface area contributed by atoms with E-state index in [0.717, 1.165) is 5.56 Å². The highest BCUT2D eigenvalue weighted by molar-refractivity contribution is 5.89. The van der Waals surface area contributed by atoms with Crippen molar-refractivity contribution in [3.8, 4) is 22.8 Å². The molecule has 1 unspecified atom stereocenters. The lowest BCUT2D eigenvalue weighted by atomic mass is 9.93. The molecule has 2 heterocycles. The smallest absolute Gasteiger partial charge is 0.478 e. The summed E-state index contributed by atoms with van der Waals surface area (Å²) in [7, 11) is 0. The molecule has 1 fully saturated rings. The highest BCUT2D eigenvalue weighted by Gasteiger charge is 2.52. The number of nitrogens with one attached hydrogen (secondary N) is 1. The van der Waals surface area contributed by atoms with Crippen LogP contribution < -0.4 is 14.8 Å². The Balaban J connectivity index is 1.40. The second kappa shape index (κ2) is 7.41. The molecular weight excluding hydrogens is 434 g/mol. The molecule has 0 bridgehead atoms. The number of carbonyl (C=O) groups is 1.